The molecule has 2 aromatic carbocycles. The quantitative estimate of drug-likeness (QED) is 0.673. The number of ether oxygens (including phenoxy) is 4. The lowest BCUT2D eigenvalue weighted by molar-refractivity contribution is -0.120. The molecule has 1 amide bonds. The topological polar surface area (TPSA) is 74.3 Å². The minimum Gasteiger partial charge on any atom is -0.497 e. The predicted octanol–water partition coefficient (Wildman–Crippen LogP) is 4.25. The number of anilines is 1. The van der Waals surface area contributed by atoms with Crippen LogP contribution >= 0.6 is 0 Å². The SMILES string of the molecule is COc1ccc(OC)c(N2C(=O)CC(c3cccc(OC)c3OC)C3=C2CCCC3=O)c1. The summed E-state index contributed by atoms with van der Waals surface area (Å²) in [6, 6.07) is 10.9. The average molecular weight is 437 g/mol. The highest BCUT2D eigenvalue weighted by Crippen LogP contribution is 2.49. The Bertz CT molecular complexity index is 1090. The summed E-state index contributed by atoms with van der Waals surface area (Å²) in [5, 5.41) is 0. The number of carbonyl (C=O) groups excluding carboxylic acids is 2. The Morgan fingerprint density at radius 2 is 1.66 bits per heavy atom. The van der Waals surface area contributed by atoms with Crippen LogP contribution in [-0.2, 0) is 9.59 Å². The lowest BCUT2D eigenvalue weighted by Crippen LogP contribution is -2.40. The molecule has 0 saturated carbocycles. The zero-order valence-electron chi connectivity index (χ0n) is 18.8. The van der Waals surface area contributed by atoms with Crippen molar-refractivity contribution in [2.75, 3.05) is 33.3 Å². The van der Waals surface area contributed by atoms with Gasteiger partial charge in [0.1, 0.15) is 11.5 Å². The summed E-state index contributed by atoms with van der Waals surface area (Å²) in [5.41, 5.74) is 2.74. The van der Waals surface area contributed by atoms with Gasteiger partial charge in [0.25, 0.3) is 0 Å². The van der Waals surface area contributed by atoms with Crippen LogP contribution in [-0.4, -0.2) is 40.1 Å². The van der Waals surface area contributed by atoms with Gasteiger partial charge < -0.3 is 18.9 Å². The lowest BCUT2D eigenvalue weighted by atomic mass is 9.76. The third-order valence-corrected chi connectivity index (χ3v) is 6.11. The summed E-state index contributed by atoms with van der Waals surface area (Å²) in [5.74, 6) is 1.81. The van der Waals surface area contributed by atoms with Gasteiger partial charge >= 0.3 is 0 Å². The molecule has 0 bridgehead atoms. The Morgan fingerprint density at radius 3 is 2.34 bits per heavy atom. The fraction of sp³-hybridized carbons (Fsp3) is 0.360. The van der Waals surface area contributed by atoms with E-state index in [0.29, 0.717) is 53.5 Å². The number of methoxy groups -OCH3 is 4. The summed E-state index contributed by atoms with van der Waals surface area (Å²) >= 11 is 0. The van der Waals surface area contributed by atoms with Gasteiger partial charge in [0.15, 0.2) is 17.3 Å². The second-order valence-corrected chi connectivity index (χ2v) is 7.74. The molecule has 2 aliphatic rings. The number of nitrogens with zero attached hydrogens (tertiary/aromatic N) is 1. The molecule has 7 heteroatoms. The van der Waals surface area contributed by atoms with Crippen LogP contribution < -0.4 is 23.8 Å². The van der Waals surface area contributed by atoms with Gasteiger partial charge in [-0.15, -0.1) is 0 Å². The third-order valence-electron chi connectivity index (χ3n) is 6.11. The first-order chi connectivity index (χ1) is 15.5. The Hall–Kier alpha value is -3.48. The molecule has 1 heterocycles. The molecule has 1 aliphatic heterocycles. The molecule has 7 nitrogen and oxygen atoms in total. The van der Waals surface area contributed by atoms with Crippen molar-refractivity contribution < 1.29 is 28.5 Å². The van der Waals surface area contributed by atoms with E-state index in [-0.39, 0.29) is 18.1 Å². The standard InChI is InChI=1S/C25H27NO6/c1-29-15-11-12-21(30-2)19(13-15)26-18-8-6-9-20(27)24(18)17(14-23(26)28)16-7-5-10-22(31-3)25(16)32-4/h5,7,10-13,17H,6,8-9,14H2,1-4H3. The number of benzene rings is 2. The van der Waals surface area contributed by atoms with E-state index in [9.17, 15) is 9.59 Å². The molecule has 0 N–H and O–H groups in total. The van der Waals surface area contributed by atoms with E-state index in [1.165, 1.54) is 0 Å². The molecular formula is C25H27NO6. The molecule has 1 aliphatic carbocycles. The first kappa shape index (κ1) is 21.7. The van der Waals surface area contributed by atoms with Crippen molar-refractivity contribution in [2.45, 2.75) is 31.6 Å². The van der Waals surface area contributed by atoms with Gasteiger partial charge in [0, 0.05) is 41.7 Å². The number of hydrogen-bond donors (Lipinski definition) is 0. The van der Waals surface area contributed by atoms with Crippen LogP contribution in [0.5, 0.6) is 23.0 Å². The van der Waals surface area contributed by atoms with Crippen LogP contribution in [0.3, 0.4) is 0 Å². The minimum absolute atomic E-state index is 0.0560. The number of allylic oxidation sites excluding steroid dienone is 2. The number of rotatable bonds is 6. The van der Waals surface area contributed by atoms with Crippen molar-refractivity contribution in [3.8, 4) is 23.0 Å². The van der Waals surface area contributed by atoms with Gasteiger partial charge in [-0.25, -0.2) is 0 Å². The van der Waals surface area contributed by atoms with Crippen LogP contribution in [0.1, 0.15) is 37.2 Å². The monoisotopic (exact) mass is 437 g/mol. The van der Waals surface area contributed by atoms with E-state index in [2.05, 4.69) is 0 Å². The second-order valence-electron chi connectivity index (χ2n) is 7.74. The van der Waals surface area contributed by atoms with Crippen LogP contribution in [0.15, 0.2) is 47.7 Å². The highest BCUT2D eigenvalue weighted by Gasteiger charge is 2.41. The first-order valence-electron chi connectivity index (χ1n) is 10.6. The van der Waals surface area contributed by atoms with Crippen molar-refractivity contribution in [1.82, 2.24) is 0 Å². The van der Waals surface area contributed by atoms with Crippen molar-refractivity contribution >= 4 is 17.4 Å². The predicted molar refractivity (Wildman–Crippen MR) is 120 cm³/mol. The maximum absolute atomic E-state index is 13.6. The number of carbonyl (C=O) groups is 2. The summed E-state index contributed by atoms with van der Waals surface area (Å²) in [6.07, 6.45) is 1.90. The lowest BCUT2D eigenvalue weighted by Gasteiger charge is -2.39. The molecule has 0 aromatic heterocycles. The molecule has 0 spiro atoms. The van der Waals surface area contributed by atoms with Crippen molar-refractivity contribution in [1.29, 1.82) is 0 Å². The highest BCUT2D eigenvalue weighted by atomic mass is 16.5. The van der Waals surface area contributed by atoms with Gasteiger partial charge in [-0.1, -0.05) is 12.1 Å². The van der Waals surface area contributed by atoms with E-state index in [1.54, 1.807) is 57.6 Å². The molecule has 4 rings (SSSR count). The number of para-hydroxylation sites is 1. The number of hydrogen-bond acceptors (Lipinski definition) is 6. The van der Waals surface area contributed by atoms with E-state index in [4.69, 9.17) is 18.9 Å². The fourth-order valence-corrected chi connectivity index (χ4v) is 4.70. The Kier molecular flexibility index (Phi) is 6.08. The Balaban J connectivity index is 1.92. The molecule has 1 unspecified atom stereocenters. The fourth-order valence-electron chi connectivity index (χ4n) is 4.70. The van der Waals surface area contributed by atoms with Gasteiger partial charge in [0.2, 0.25) is 5.91 Å². The van der Waals surface area contributed by atoms with E-state index >= 15 is 0 Å². The van der Waals surface area contributed by atoms with E-state index < -0.39 is 5.92 Å². The third kappa shape index (κ3) is 3.57. The van der Waals surface area contributed by atoms with Crippen molar-refractivity contribution in [2.24, 2.45) is 0 Å². The smallest absolute Gasteiger partial charge is 0.232 e. The average Bonchev–Trinajstić information content (AvgIpc) is 2.82. The Labute approximate surface area is 187 Å². The molecule has 0 saturated heterocycles. The zero-order chi connectivity index (χ0) is 22.8. The minimum atomic E-state index is -0.400. The van der Waals surface area contributed by atoms with Gasteiger partial charge in [-0.3, -0.25) is 14.5 Å². The van der Waals surface area contributed by atoms with Crippen molar-refractivity contribution in [3.05, 3.63) is 53.2 Å². The second kappa shape index (κ2) is 8.94. The van der Waals surface area contributed by atoms with Crippen LogP contribution in [0.25, 0.3) is 0 Å². The highest BCUT2D eigenvalue weighted by molar-refractivity contribution is 6.08. The number of amides is 1. The van der Waals surface area contributed by atoms with Gasteiger partial charge in [-0.2, -0.15) is 0 Å². The van der Waals surface area contributed by atoms with Gasteiger partial charge in [-0.05, 0) is 31.0 Å². The number of ketones is 1. The molecule has 2 aromatic rings. The summed E-state index contributed by atoms with van der Waals surface area (Å²) in [4.78, 5) is 28.4. The number of Topliss-reactive ketones (excluding diaryl/α,β-unsaturated/α-hetero) is 1. The summed E-state index contributed by atoms with van der Waals surface area (Å²) in [6.45, 7) is 0. The molecule has 32 heavy (non-hydrogen) atoms. The molecule has 0 fully saturated rings. The molecular weight excluding hydrogens is 410 g/mol. The Morgan fingerprint density at radius 1 is 0.875 bits per heavy atom. The largest absolute Gasteiger partial charge is 0.497 e. The summed E-state index contributed by atoms with van der Waals surface area (Å²) < 4.78 is 22.0. The van der Waals surface area contributed by atoms with Crippen molar-refractivity contribution in [3.63, 3.8) is 0 Å². The van der Waals surface area contributed by atoms with E-state index in [1.807, 2.05) is 12.1 Å². The zero-order valence-corrected chi connectivity index (χ0v) is 18.8. The van der Waals surface area contributed by atoms with Crippen LogP contribution in [0.4, 0.5) is 5.69 Å². The van der Waals surface area contributed by atoms with E-state index in [0.717, 1.165) is 11.3 Å². The van der Waals surface area contributed by atoms with Gasteiger partial charge in [0.05, 0.1) is 34.1 Å². The first-order valence-corrected chi connectivity index (χ1v) is 10.6. The van der Waals surface area contributed by atoms with Crippen LogP contribution in [0, 0.1) is 0 Å². The molecule has 168 valence electrons. The molecule has 1 atom stereocenters. The summed E-state index contributed by atoms with van der Waals surface area (Å²) in [7, 11) is 6.27. The maximum atomic E-state index is 13.6. The molecule has 0 radical (unpaired) electrons. The maximum Gasteiger partial charge on any atom is 0.232 e. The van der Waals surface area contributed by atoms with Crippen LogP contribution in [0.2, 0.25) is 0 Å². The normalized spacial score (nSPS) is 18.4.